The van der Waals surface area contributed by atoms with E-state index in [0.717, 1.165) is 22.6 Å². The second-order valence-corrected chi connectivity index (χ2v) is 8.59. The van der Waals surface area contributed by atoms with Gasteiger partial charge in [-0.15, -0.1) is 11.8 Å². The van der Waals surface area contributed by atoms with Gasteiger partial charge in [0.2, 0.25) is 11.8 Å². The molecule has 5 nitrogen and oxygen atoms in total. The molecule has 0 spiro atoms. The highest BCUT2D eigenvalue weighted by atomic mass is 35.5. The van der Waals surface area contributed by atoms with E-state index in [1.165, 1.54) is 11.8 Å². The number of ether oxygens (including phenoxy) is 1. The monoisotopic (exact) mass is 448 g/mol. The quantitative estimate of drug-likeness (QED) is 0.532. The summed E-state index contributed by atoms with van der Waals surface area (Å²) in [6.07, 6.45) is 0.831. The number of carbonyl (C=O) groups is 2. The van der Waals surface area contributed by atoms with E-state index < -0.39 is 6.04 Å². The highest BCUT2D eigenvalue weighted by Gasteiger charge is 2.26. The van der Waals surface area contributed by atoms with Crippen LogP contribution in [0.1, 0.15) is 32.8 Å². The molecule has 0 bridgehead atoms. The number of hydrogen-bond donors (Lipinski definition) is 1. The summed E-state index contributed by atoms with van der Waals surface area (Å²) in [7, 11) is 1.61. The molecule has 0 aromatic heterocycles. The van der Waals surface area contributed by atoms with Crippen LogP contribution in [0.5, 0.6) is 5.75 Å². The summed E-state index contributed by atoms with van der Waals surface area (Å²) >= 11 is 7.36. The van der Waals surface area contributed by atoms with Gasteiger partial charge in [-0.2, -0.15) is 0 Å². The van der Waals surface area contributed by atoms with Crippen LogP contribution >= 0.6 is 23.4 Å². The van der Waals surface area contributed by atoms with Gasteiger partial charge < -0.3 is 15.0 Å². The standard InChI is InChI=1S/C23H29ClN2O3S/c1-5-16(2)25-23(28)17(3)26(14-18-6-10-20(29-4)11-7-18)22(27)15-30-21-12-8-19(24)9-13-21/h6-13,16-17H,5,14-15H2,1-4H3,(H,25,28)/t16-,17+/m1/s1. The molecule has 0 saturated carbocycles. The molecule has 2 amide bonds. The molecule has 0 aliphatic heterocycles. The Morgan fingerprint density at radius 2 is 1.73 bits per heavy atom. The molecule has 0 fully saturated rings. The molecular formula is C23H29ClN2O3S. The molecule has 162 valence electrons. The van der Waals surface area contributed by atoms with E-state index in [-0.39, 0.29) is 23.6 Å². The molecule has 0 aliphatic rings. The van der Waals surface area contributed by atoms with Crippen molar-refractivity contribution >= 4 is 35.2 Å². The van der Waals surface area contributed by atoms with Gasteiger partial charge in [0.15, 0.2) is 0 Å². The minimum absolute atomic E-state index is 0.0568. The van der Waals surface area contributed by atoms with Crippen LogP contribution in [0.15, 0.2) is 53.4 Å². The first-order valence-electron chi connectivity index (χ1n) is 9.95. The third kappa shape index (κ3) is 7.26. The molecule has 0 saturated heterocycles. The number of nitrogens with one attached hydrogen (secondary N) is 1. The Morgan fingerprint density at radius 3 is 2.30 bits per heavy atom. The third-order valence-corrected chi connectivity index (χ3v) is 6.11. The Kier molecular flexibility index (Phi) is 9.53. The van der Waals surface area contributed by atoms with Gasteiger partial charge in [0, 0.05) is 22.5 Å². The van der Waals surface area contributed by atoms with E-state index in [1.54, 1.807) is 31.1 Å². The van der Waals surface area contributed by atoms with Crippen LogP contribution in [0.2, 0.25) is 5.02 Å². The van der Waals surface area contributed by atoms with Crippen molar-refractivity contribution < 1.29 is 14.3 Å². The Balaban J connectivity index is 2.14. The van der Waals surface area contributed by atoms with Crippen molar-refractivity contribution in [3.63, 3.8) is 0 Å². The van der Waals surface area contributed by atoms with Gasteiger partial charge in [0.1, 0.15) is 11.8 Å². The smallest absolute Gasteiger partial charge is 0.242 e. The average Bonchev–Trinajstić information content (AvgIpc) is 2.76. The number of benzene rings is 2. The molecule has 2 atom stereocenters. The lowest BCUT2D eigenvalue weighted by Crippen LogP contribution is -2.50. The van der Waals surface area contributed by atoms with Crippen LogP contribution in [-0.2, 0) is 16.1 Å². The predicted octanol–water partition coefficient (Wildman–Crippen LogP) is 4.77. The zero-order chi connectivity index (χ0) is 22.1. The first-order chi connectivity index (χ1) is 14.3. The fraction of sp³-hybridized carbons (Fsp3) is 0.391. The van der Waals surface area contributed by atoms with Gasteiger partial charge >= 0.3 is 0 Å². The average molecular weight is 449 g/mol. The minimum Gasteiger partial charge on any atom is -0.497 e. The van der Waals surface area contributed by atoms with Crippen molar-refractivity contribution in [1.82, 2.24) is 10.2 Å². The minimum atomic E-state index is -0.584. The fourth-order valence-corrected chi connectivity index (χ4v) is 3.65. The van der Waals surface area contributed by atoms with Gasteiger partial charge in [-0.05, 0) is 62.2 Å². The Bertz CT molecular complexity index is 827. The topological polar surface area (TPSA) is 58.6 Å². The van der Waals surface area contributed by atoms with Crippen LogP contribution in [0.25, 0.3) is 0 Å². The molecule has 7 heteroatoms. The maximum absolute atomic E-state index is 13.1. The van der Waals surface area contributed by atoms with E-state index in [4.69, 9.17) is 16.3 Å². The van der Waals surface area contributed by atoms with E-state index in [0.29, 0.717) is 11.6 Å². The molecule has 0 radical (unpaired) electrons. The SMILES string of the molecule is CC[C@@H](C)NC(=O)[C@H](C)N(Cc1ccc(OC)cc1)C(=O)CSc1ccc(Cl)cc1. The normalized spacial score (nSPS) is 12.7. The summed E-state index contributed by atoms with van der Waals surface area (Å²) in [4.78, 5) is 28.4. The molecule has 2 aromatic rings. The van der Waals surface area contributed by atoms with E-state index in [9.17, 15) is 9.59 Å². The van der Waals surface area contributed by atoms with Gasteiger partial charge in [0.25, 0.3) is 0 Å². The highest BCUT2D eigenvalue weighted by Crippen LogP contribution is 2.22. The zero-order valence-corrected chi connectivity index (χ0v) is 19.4. The lowest BCUT2D eigenvalue weighted by Gasteiger charge is -2.29. The van der Waals surface area contributed by atoms with Gasteiger partial charge in [0.05, 0.1) is 12.9 Å². The summed E-state index contributed by atoms with van der Waals surface area (Å²) in [5.74, 6) is 0.733. The zero-order valence-electron chi connectivity index (χ0n) is 17.9. The van der Waals surface area contributed by atoms with Crippen LogP contribution in [-0.4, -0.2) is 41.7 Å². The van der Waals surface area contributed by atoms with Crippen molar-refractivity contribution in [2.45, 2.75) is 50.7 Å². The summed E-state index contributed by atoms with van der Waals surface area (Å²) in [6, 6.07) is 14.3. The second kappa shape index (κ2) is 11.9. The lowest BCUT2D eigenvalue weighted by molar-refractivity contribution is -0.138. The van der Waals surface area contributed by atoms with Crippen LogP contribution in [0.4, 0.5) is 0 Å². The molecule has 1 N–H and O–H groups in total. The molecule has 0 unspecified atom stereocenters. The van der Waals surface area contributed by atoms with Gasteiger partial charge in [-0.1, -0.05) is 30.7 Å². The third-order valence-electron chi connectivity index (χ3n) is 4.86. The second-order valence-electron chi connectivity index (χ2n) is 7.11. The number of carbonyl (C=O) groups excluding carboxylic acids is 2. The summed E-state index contributed by atoms with van der Waals surface area (Å²) in [5, 5.41) is 3.63. The van der Waals surface area contributed by atoms with Crippen molar-refractivity contribution in [3.8, 4) is 5.75 Å². The summed E-state index contributed by atoms with van der Waals surface area (Å²) in [6.45, 7) is 6.08. The van der Waals surface area contributed by atoms with Crippen LogP contribution < -0.4 is 10.1 Å². The maximum atomic E-state index is 13.1. The van der Waals surface area contributed by atoms with Gasteiger partial charge in [-0.25, -0.2) is 0 Å². The molecule has 30 heavy (non-hydrogen) atoms. The largest absolute Gasteiger partial charge is 0.497 e. The number of thioether (sulfide) groups is 1. The number of halogens is 1. The Labute approximate surface area is 188 Å². The molecule has 0 heterocycles. The highest BCUT2D eigenvalue weighted by molar-refractivity contribution is 8.00. The maximum Gasteiger partial charge on any atom is 0.242 e. The van der Waals surface area contributed by atoms with E-state index in [2.05, 4.69) is 5.32 Å². The number of nitrogens with zero attached hydrogens (tertiary/aromatic N) is 1. The lowest BCUT2D eigenvalue weighted by atomic mass is 10.1. The van der Waals surface area contributed by atoms with Crippen molar-refractivity contribution in [3.05, 3.63) is 59.1 Å². The predicted molar refractivity (Wildman–Crippen MR) is 123 cm³/mol. The molecule has 0 aliphatic carbocycles. The first-order valence-corrected chi connectivity index (χ1v) is 11.3. The Morgan fingerprint density at radius 1 is 1.10 bits per heavy atom. The number of amides is 2. The Hall–Kier alpha value is -2.18. The first kappa shape index (κ1) is 24.1. The van der Waals surface area contributed by atoms with Crippen molar-refractivity contribution in [2.75, 3.05) is 12.9 Å². The van der Waals surface area contributed by atoms with E-state index >= 15 is 0 Å². The fourth-order valence-electron chi connectivity index (χ4n) is 2.73. The molecule has 2 aromatic carbocycles. The number of methoxy groups -OCH3 is 1. The molecular weight excluding hydrogens is 420 g/mol. The summed E-state index contributed by atoms with van der Waals surface area (Å²) in [5.41, 5.74) is 0.934. The van der Waals surface area contributed by atoms with Crippen molar-refractivity contribution in [1.29, 1.82) is 0 Å². The molecule has 2 rings (SSSR count). The summed E-state index contributed by atoms with van der Waals surface area (Å²) < 4.78 is 5.20. The van der Waals surface area contributed by atoms with Crippen LogP contribution in [0, 0.1) is 0 Å². The van der Waals surface area contributed by atoms with Crippen LogP contribution in [0.3, 0.4) is 0 Å². The number of rotatable bonds is 10. The van der Waals surface area contributed by atoms with E-state index in [1.807, 2.05) is 50.2 Å². The van der Waals surface area contributed by atoms with Crippen molar-refractivity contribution in [2.24, 2.45) is 0 Å². The number of hydrogen-bond acceptors (Lipinski definition) is 4. The van der Waals surface area contributed by atoms with Gasteiger partial charge in [-0.3, -0.25) is 9.59 Å².